The second kappa shape index (κ2) is 6.28. The molecule has 1 saturated heterocycles. The smallest absolute Gasteiger partial charge is 0.276 e. The van der Waals surface area contributed by atoms with Gasteiger partial charge in [-0.3, -0.25) is 9.78 Å². The van der Waals surface area contributed by atoms with Crippen LogP contribution in [-0.4, -0.2) is 27.5 Å². The maximum absolute atomic E-state index is 12.9. The van der Waals surface area contributed by atoms with Crippen LogP contribution in [0.1, 0.15) is 35.1 Å². The highest BCUT2D eigenvalue weighted by Crippen LogP contribution is 2.32. The zero-order valence-electron chi connectivity index (χ0n) is 13.1. The summed E-state index contributed by atoms with van der Waals surface area (Å²) < 4.78 is 5.36. The summed E-state index contributed by atoms with van der Waals surface area (Å²) in [6.07, 6.45) is 3.66. The number of rotatable bonds is 3. The second-order valence-electron chi connectivity index (χ2n) is 5.85. The zero-order valence-corrected chi connectivity index (χ0v) is 13.1. The molecule has 5 heteroatoms. The molecule has 1 aliphatic rings. The van der Waals surface area contributed by atoms with Gasteiger partial charge in [0.1, 0.15) is 0 Å². The number of benzene rings is 1. The summed E-state index contributed by atoms with van der Waals surface area (Å²) in [7, 11) is 0. The number of nitrogens with zero attached hydrogens (tertiary/aromatic N) is 3. The van der Waals surface area contributed by atoms with E-state index >= 15 is 0 Å². The molecule has 1 aromatic carbocycles. The van der Waals surface area contributed by atoms with Crippen LogP contribution in [0.25, 0.3) is 11.3 Å². The van der Waals surface area contributed by atoms with Crippen molar-refractivity contribution in [2.75, 3.05) is 6.54 Å². The molecular weight excluding hydrogens is 302 g/mol. The molecular formula is C19H17N3O2. The van der Waals surface area contributed by atoms with Crippen LogP contribution >= 0.6 is 0 Å². The van der Waals surface area contributed by atoms with Crippen LogP contribution in [-0.2, 0) is 0 Å². The van der Waals surface area contributed by atoms with E-state index in [-0.39, 0.29) is 11.9 Å². The molecule has 0 radical (unpaired) electrons. The first-order valence-electron chi connectivity index (χ1n) is 8.07. The van der Waals surface area contributed by atoms with E-state index in [0.717, 1.165) is 24.1 Å². The van der Waals surface area contributed by atoms with Crippen LogP contribution in [0.5, 0.6) is 0 Å². The van der Waals surface area contributed by atoms with Crippen molar-refractivity contribution in [1.29, 1.82) is 0 Å². The highest BCUT2D eigenvalue weighted by molar-refractivity contribution is 5.93. The summed E-state index contributed by atoms with van der Waals surface area (Å²) in [5.74, 6) is 0.501. The van der Waals surface area contributed by atoms with Gasteiger partial charge >= 0.3 is 0 Å². The Morgan fingerprint density at radius 1 is 1.12 bits per heavy atom. The third kappa shape index (κ3) is 2.69. The van der Waals surface area contributed by atoms with E-state index < -0.39 is 0 Å². The van der Waals surface area contributed by atoms with Gasteiger partial charge < -0.3 is 9.42 Å². The highest BCUT2D eigenvalue weighted by atomic mass is 16.5. The topological polar surface area (TPSA) is 59.2 Å². The van der Waals surface area contributed by atoms with Crippen molar-refractivity contribution >= 4 is 5.91 Å². The molecule has 3 aromatic rings. The van der Waals surface area contributed by atoms with Crippen molar-refractivity contribution < 1.29 is 9.32 Å². The number of carbonyl (C=O) groups excluding carboxylic acids is 1. The Kier molecular flexibility index (Phi) is 3.83. The van der Waals surface area contributed by atoms with E-state index in [0.29, 0.717) is 18.0 Å². The maximum atomic E-state index is 12.9. The molecule has 0 spiro atoms. The van der Waals surface area contributed by atoms with Gasteiger partial charge in [-0.2, -0.15) is 0 Å². The predicted molar refractivity (Wildman–Crippen MR) is 89.2 cm³/mol. The number of carbonyl (C=O) groups is 1. The summed E-state index contributed by atoms with van der Waals surface area (Å²) in [6.45, 7) is 0.716. The van der Waals surface area contributed by atoms with Crippen LogP contribution in [0.3, 0.4) is 0 Å². The monoisotopic (exact) mass is 319 g/mol. The highest BCUT2D eigenvalue weighted by Gasteiger charge is 2.32. The molecule has 0 N–H and O–H groups in total. The van der Waals surface area contributed by atoms with Crippen LogP contribution in [0, 0.1) is 0 Å². The van der Waals surface area contributed by atoms with Crippen LogP contribution < -0.4 is 0 Å². The molecule has 24 heavy (non-hydrogen) atoms. The minimum Gasteiger partial charge on any atom is -0.355 e. The summed E-state index contributed by atoms with van der Waals surface area (Å²) in [5.41, 5.74) is 2.18. The number of pyridine rings is 1. The van der Waals surface area contributed by atoms with Crippen molar-refractivity contribution in [3.05, 3.63) is 72.2 Å². The Labute approximate surface area is 139 Å². The van der Waals surface area contributed by atoms with Crippen molar-refractivity contribution in [3.63, 3.8) is 0 Å². The Bertz CT molecular complexity index is 830. The van der Waals surface area contributed by atoms with Crippen LogP contribution in [0.2, 0.25) is 0 Å². The molecule has 120 valence electrons. The third-order valence-electron chi connectivity index (χ3n) is 4.33. The first-order chi connectivity index (χ1) is 11.8. The fraction of sp³-hybridized carbons (Fsp3) is 0.211. The second-order valence-corrected chi connectivity index (χ2v) is 5.85. The minimum absolute atomic E-state index is 0.00979. The summed E-state index contributed by atoms with van der Waals surface area (Å²) >= 11 is 0. The number of hydrogen-bond donors (Lipinski definition) is 0. The standard InChI is InChI=1S/C19H17N3O2/c23-19(16-13-18(24-21-16)14-7-2-1-3-8-14)22-12-6-10-17(22)15-9-4-5-11-20-15/h1-5,7-9,11,13,17H,6,10,12H2/t17-/m0/s1. The predicted octanol–water partition coefficient (Wildman–Crippen LogP) is 3.71. The molecule has 1 atom stereocenters. The number of amides is 1. The van der Waals surface area contributed by atoms with Gasteiger partial charge in [0.05, 0.1) is 11.7 Å². The normalized spacial score (nSPS) is 17.2. The van der Waals surface area contributed by atoms with Gasteiger partial charge in [0.25, 0.3) is 5.91 Å². The van der Waals surface area contributed by atoms with Crippen LogP contribution in [0.15, 0.2) is 65.3 Å². The number of likely N-dealkylation sites (tertiary alicyclic amines) is 1. The van der Waals surface area contributed by atoms with Gasteiger partial charge in [-0.1, -0.05) is 41.6 Å². The quantitative estimate of drug-likeness (QED) is 0.738. The number of hydrogen-bond acceptors (Lipinski definition) is 4. The molecule has 1 amide bonds. The van der Waals surface area contributed by atoms with Crippen molar-refractivity contribution in [3.8, 4) is 11.3 Å². The molecule has 3 heterocycles. The average molecular weight is 319 g/mol. The van der Waals surface area contributed by atoms with E-state index in [1.165, 1.54) is 0 Å². The van der Waals surface area contributed by atoms with Gasteiger partial charge in [-0.05, 0) is 25.0 Å². The van der Waals surface area contributed by atoms with Gasteiger partial charge in [0.15, 0.2) is 11.5 Å². The van der Waals surface area contributed by atoms with Crippen LogP contribution in [0.4, 0.5) is 0 Å². The fourth-order valence-corrected chi connectivity index (χ4v) is 3.15. The lowest BCUT2D eigenvalue weighted by atomic mass is 10.1. The Morgan fingerprint density at radius 2 is 1.96 bits per heavy atom. The molecule has 1 aliphatic heterocycles. The first-order valence-corrected chi connectivity index (χ1v) is 8.07. The van der Waals surface area contributed by atoms with E-state index in [2.05, 4.69) is 10.1 Å². The largest absolute Gasteiger partial charge is 0.355 e. The lowest BCUT2D eigenvalue weighted by Crippen LogP contribution is -2.31. The van der Waals surface area contributed by atoms with Crippen molar-refractivity contribution in [2.45, 2.75) is 18.9 Å². The fourth-order valence-electron chi connectivity index (χ4n) is 3.15. The Hall–Kier alpha value is -2.95. The van der Waals surface area contributed by atoms with Crippen molar-refractivity contribution in [2.24, 2.45) is 0 Å². The third-order valence-corrected chi connectivity index (χ3v) is 4.33. The lowest BCUT2D eigenvalue weighted by Gasteiger charge is -2.23. The average Bonchev–Trinajstić information content (AvgIpc) is 3.32. The van der Waals surface area contributed by atoms with E-state index in [4.69, 9.17) is 4.52 Å². The van der Waals surface area contributed by atoms with Gasteiger partial charge in [-0.15, -0.1) is 0 Å². The molecule has 2 aromatic heterocycles. The van der Waals surface area contributed by atoms with E-state index in [1.807, 2.05) is 53.4 Å². The summed E-state index contributed by atoms with van der Waals surface area (Å²) in [5, 5.41) is 3.98. The number of aromatic nitrogens is 2. The minimum atomic E-state index is -0.103. The molecule has 0 bridgehead atoms. The molecule has 4 rings (SSSR count). The molecule has 0 unspecified atom stereocenters. The van der Waals surface area contributed by atoms with Crippen molar-refractivity contribution in [1.82, 2.24) is 15.0 Å². The van der Waals surface area contributed by atoms with E-state index in [9.17, 15) is 4.79 Å². The first kappa shape index (κ1) is 14.6. The molecule has 5 nitrogen and oxygen atoms in total. The molecule has 1 fully saturated rings. The SMILES string of the molecule is O=C(c1cc(-c2ccccc2)on1)N1CCC[C@H]1c1ccccn1. The van der Waals surface area contributed by atoms with Gasteiger partial charge in [0.2, 0.25) is 0 Å². The Morgan fingerprint density at radius 3 is 2.75 bits per heavy atom. The maximum Gasteiger partial charge on any atom is 0.276 e. The zero-order chi connectivity index (χ0) is 16.4. The molecule has 0 aliphatic carbocycles. The summed E-state index contributed by atoms with van der Waals surface area (Å²) in [6, 6.07) is 17.2. The van der Waals surface area contributed by atoms with E-state index in [1.54, 1.807) is 12.3 Å². The van der Waals surface area contributed by atoms with Gasteiger partial charge in [0, 0.05) is 24.4 Å². The Balaban J connectivity index is 1.58. The lowest BCUT2D eigenvalue weighted by molar-refractivity contribution is 0.0722. The summed E-state index contributed by atoms with van der Waals surface area (Å²) in [4.78, 5) is 19.1. The van der Waals surface area contributed by atoms with Gasteiger partial charge in [-0.25, -0.2) is 0 Å². The molecule has 0 saturated carbocycles.